The monoisotopic (exact) mass is 380 g/mol. The number of hydrogen-bond donors (Lipinski definition) is 1. The Kier molecular flexibility index (Phi) is 6.44. The number of nitrogens with zero attached hydrogens (tertiary/aromatic N) is 1. The number of amides is 2. The molecule has 1 aliphatic rings. The first-order valence-corrected chi connectivity index (χ1v) is 10.7. The molecule has 6 nitrogen and oxygen atoms in total. The molecule has 7 heteroatoms. The van der Waals surface area contributed by atoms with Crippen LogP contribution in [0.4, 0.5) is 0 Å². The normalized spacial score (nSPS) is 16.7. The highest BCUT2D eigenvalue weighted by Crippen LogP contribution is 2.32. The molecule has 1 aromatic carbocycles. The summed E-state index contributed by atoms with van der Waals surface area (Å²) in [6.45, 7) is 8.10. The van der Waals surface area contributed by atoms with Crippen LogP contribution in [0, 0.1) is 5.92 Å². The van der Waals surface area contributed by atoms with E-state index < -0.39 is 22.0 Å². The minimum absolute atomic E-state index is 0.0816. The maximum Gasteiger partial charge on any atom is 0.269 e. The Morgan fingerprint density at radius 2 is 1.92 bits per heavy atom. The predicted molar refractivity (Wildman–Crippen MR) is 101 cm³/mol. The molecule has 0 saturated heterocycles. The van der Waals surface area contributed by atoms with Crippen LogP contribution in [0.2, 0.25) is 0 Å². The molecule has 1 unspecified atom stereocenters. The zero-order valence-corrected chi connectivity index (χ0v) is 16.7. The minimum Gasteiger partial charge on any atom is -0.352 e. The second kappa shape index (κ2) is 8.20. The van der Waals surface area contributed by atoms with Crippen LogP contribution < -0.4 is 5.32 Å². The summed E-state index contributed by atoms with van der Waals surface area (Å²) in [5, 5.41) is 2.89. The van der Waals surface area contributed by atoms with Crippen molar-refractivity contribution in [3.63, 3.8) is 0 Å². The highest BCUT2D eigenvalue weighted by molar-refractivity contribution is 7.90. The number of sulfonamides is 1. The van der Waals surface area contributed by atoms with Gasteiger partial charge in [0, 0.05) is 18.2 Å². The Bertz CT molecular complexity index is 787. The van der Waals surface area contributed by atoms with Crippen molar-refractivity contribution in [1.82, 2.24) is 9.62 Å². The zero-order valence-electron chi connectivity index (χ0n) is 15.9. The van der Waals surface area contributed by atoms with Gasteiger partial charge in [0.1, 0.15) is 4.90 Å². The molecular weight excluding hydrogens is 352 g/mol. The van der Waals surface area contributed by atoms with Crippen LogP contribution >= 0.6 is 0 Å². The van der Waals surface area contributed by atoms with Crippen molar-refractivity contribution in [2.24, 2.45) is 5.92 Å². The molecular formula is C19H28N2O4S. The van der Waals surface area contributed by atoms with E-state index in [-0.39, 0.29) is 21.9 Å². The fourth-order valence-electron chi connectivity index (χ4n) is 3.18. The summed E-state index contributed by atoms with van der Waals surface area (Å²) in [6.07, 6.45) is 4.28. The van der Waals surface area contributed by atoms with Crippen molar-refractivity contribution in [2.75, 3.05) is 6.54 Å². The highest BCUT2D eigenvalue weighted by atomic mass is 32.2. The first-order valence-electron chi connectivity index (χ1n) is 9.25. The lowest BCUT2D eigenvalue weighted by Gasteiger charge is -2.18. The lowest BCUT2D eigenvalue weighted by Crippen LogP contribution is -2.36. The summed E-state index contributed by atoms with van der Waals surface area (Å²) in [6, 6.07) is 3.79. The Hall–Kier alpha value is -1.89. The van der Waals surface area contributed by atoms with Gasteiger partial charge in [0.25, 0.3) is 21.8 Å². The number of benzene rings is 1. The van der Waals surface area contributed by atoms with Crippen molar-refractivity contribution in [2.45, 2.75) is 64.3 Å². The summed E-state index contributed by atoms with van der Waals surface area (Å²) < 4.78 is 26.1. The minimum atomic E-state index is -3.90. The van der Waals surface area contributed by atoms with Gasteiger partial charge in [0.2, 0.25) is 0 Å². The number of nitrogens with one attached hydrogen (secondary N) is 1. The van der Waals surface area contributed by atoms with Crippen LogP contribution in [0.5, 0.6) is 0 Å². The summed E-state index contributed by atoms with van der Waals surface area (Å²) >= 11 is 0. The van der Waals surface area contributed by atoms with E-state index in [1.54, 1.807) is 13.8 Å². The molecule has 2 amide bonds. The molecule has 1 aliphatic heterocycles. The van der Waals surface area contributed by atoms with Gasteiger partial charge in [0.05, 0.1) is 5.56 Å². The Morgan fingerprint density at radius 1 is 1.23 bits per heavy atom. The van der Waals surface area contributed by atoms with E-state index in [1.165, 1.54) is 18.2 Å². The van der Waals surface area contributed by atoms with Gasteiger partial charge >= 0.3 is 0 Å². The average molecular weight is 381 g/mol. The van der Waals surface area contributed by atoms with Crippen molar-refractivity contribution in [1.29, 1.82) is 0 Å². The summed E-state index contributed by atoms with van der Waals surface area (Å²) in [7, 11) is -3.90. The number of unbranched alkanes of at least 4 members (excludes halogenated alkanes) is 1. The smallest absolute Gasteiger partial charge is 0.269 e. The van der Waals surface area contributed by atoms with E-state index in [0.29, 0.717) is 12.5 Å². The largest absolute Gasteiger partial charge is 0.352 e. The molecule has 1 aromatic rings. The molecule has 0 radical (unpaired) electrons. The number of hydrogen-bond acceptors (Lipinski definition) is 4. The van der Waals surface area contributed by atoms with E-state index in [0.717, 1.165) is 30.0 Å². The van der Waals surface area contributed by atoms with E-state index in [1.807, 2.05) is 0 Å². The quantitative estimate of drug-likeness (QED) is 0.751. The fourth-order valence-corrected chi connectivity index (χ4v) is 4.97. The van der Waals surface area contributed by atoms with Crippen LogP contribution in [-0.4, -0.2) is 37.1 Å². The van der Waals surface area contributed by atoms with Crippen molar-refractivity contribution >= 4 is 21.8 Å². The van der Waals surface area contributed by atoms with E-state index in [2.05, 4.69) is 19.2 Å². The summed E-state index contributed by atoms with van der Waals surface area (Å²) in [4.78, 5) is 24.7. The second-order valence-electron chi connectivity index (χ2n) is 7.04. The predicted octanol–water partition coefficient (Wildman–Crippen LogP) is 3.19. The van der Waals surface area contributed by atoms with Gasteiger partial charge in [-0.25, -0.2) is 12.7 Å². The third kappa shape index (κ3) is 3.92. The van der Waals surface area contributed by atoms with E-state index in [4.69, 9.17) is 0 Å². The molecule has 0 spiro atoms. The average Bonchev–Trinajstić information content (AvgIpc) is 2.80. The molecule has 1 atom stereocenters. The van der Waals surface area contributed by atoms with Crippen LogP contribution in [-0.2, 0) is 10.0 Å². The first-order chi connectivity index (χ1) is 12.2. The van der Waals surface area contributed by atoms with E-state index >= 15 is 0 Å². The van der Waals surface area contributed by atoms with Gasteiger partial charge in [-0.15, -0.1) is 0 Å². The molecule has 0 aliphatic carbocycles. The summed E-state index contributed by atoms with van der Waals surface area (Å²) in [5.41, 5.74) is 0.390. The van der Waals surface area contributed by atoms with Crippen molar-refractivity contribution in [3.8, 4) is 0 Å². The van der Waals surface area contributed by atoms with Gasteiger partial charge in [-0.05, 0) is 44.4 Å². The molecule has 0 saturated carbocycles. The molecule has 2 rings (SSSR count). The summed E-state index contributed by atoms with van der Waals surface area (Å²) in [5.74, 6) is -0.434. The Balaban J connectivity index is 2.18. The molecule has 0 bridgehead atoms. The van der Waals surface area contributed by atoms with Crippen LogP contribution in [0.3, 0.4) is 0 Å². The Labute approximate surface area is 156 Å². The van der Waals surface area contributed by atoms with Crippen molar-refractivity contribution < 1.29 is 18.0 Å². The lowest BCUT2D eigenvalue weighted by atomic mass is 9.99. The fraction of sp³-hybridized carbons (Fsp3) is 0.579. The molecule has 1 N–H and O–H groups in total. The molecule has 144 valence electrons. The van der Waals surface area contributed by atoms with Gasteiger partial charge in [-0.2, -0.15) is 0 Å². The van der Waals surface area contributed by atoms with Crippen LogP contribution in [0.25, 0.3) is 0 Å². The molecule has 1 heterocycles. The van der Waals surface area contributed by atoms with Crippen LogP contribution in [0.1, 0.15) is 74.1 Å². The third-order valence-corrected chi connectivity index (χ3v) is 6.77. The molecule has 0 aromatic heterocycles. The van der Waals surface area contributed by atoms with Crippen molar-refractivity contribution in [3.05, 3.63) is 29.3 Å². The number of carbonyl (C=O) groups excluding carboxylic acids is 2. The van der Waals surface area contributed by atoms with Gasteiger partial charge < -0.3 is 5.32 Å². The standard InChI is InChI=1S/C19H28N2O4S/c1-5-7-8-14(6-2)12-20-18(22)15-9-10-16-17(11-15)26(24,25)21(13(3)4)19(16)23/h9-11,13-14H,5-8,12H2,1-4H3,(H,20,22). The SMILES string of the molecule is CCCCC(CC)CNC(=O)c1ccc2c(c1)S(=O)(=O)N(C(C)C)C2=O. The van der Waals surface area contributed by atoms with Crippen LogP contribution in [0.15, 0.2) is 23.1 Å². The lowest BCUT2D eigenvalue weighted by molar-refractivity contribution is 0.0845. The first kappa shape index (κ1) is 20.4. The second-order valence-corrected chi connectivity index (χ2v) is 8.82. The zero-order chi connectivity index (χ0) is 19.5. The highest BCUT2D eigenvalue weighted by Gasteiger charge is 2.42. The van der Waals surface area contributed by atoms with Gasteiger partial charge in [-0.1, -0.05) is 33.1 Å². The Morgan fingerprint density at radius 3 is 2.50 bits per heavy atom. The molecule has 0 fully saturated rings. The maximum atomic E-state index is 12.6. The molecule has 26 heavy (non-hydrogen) atoms. The topological polar surface area (TPSA) is 83.6 Å². The third-order valence-electron chi connectivity index (χ3n) is 4.77. The number of fused-ring (bicyclic) bond motifs is 1. The maximum absolute atomic E-state index is 12.6. The van der Waals surface area contributed by atoms with Gasteiger partial charge in [0.15, 0.2) is 0 Å². The van der Waals surface area contributed by atoms with Gasteiger partial charge in [-0.3, -0.25) is 9.59 Å². The number of carbonyl (C=O) groups is 2. The number of rotatable bonds is 8. The van der Waals surface area contributed by atoms with E-state index in [9.17, 15) is 18.0 Å².